The van der Waals surface area contributed by atoms with Gasteiger partial charge in [0, 0.05) is 20.2 Å². The number of rotatable bonds is 2. The average molecular weight is 563 g/mol. The Morgan fingerprint density at radius 1 is 0.725 bits per heavy atom. The Morgan fingerprint density at radius 3 is 2.30 bits per heavy atom. The van der Waals surface area contributed by atoms with Crippen molar-refractivity contribution in [3.8, 4) is 33.4 Å². The van der Waals surface area contributed by atoms with E-state index in [1.807, 2.05) is 0 Å². The molecule has 8 rings (SSSR count). The third kappa shape index (κ3) is 3.28. The molecule has 0 aromatic heterocycles. The number of hydrogen-bond donors (Lipinski definition) is 0. The summed E-state index contributed by atoms with van der Waals surface area (Å²) in [6, 6.07) is 30.5. The van der Waals surface area contributed by atoms with Crippen LogP contribution in [0.15, 0.2) is 88.7 Å². The Balaban J connectivity index is 1.31. The molecular weight excluding hydrogens is 524 g/mol. The van der Waals surface area contributed by atoms with Crippen molar-refractivity contribution in [2.45, 2.75) is 61.2 Å². The molecule has 5 unspecified atom stereocenters. The first kappa shape index (κ1) is 25.2. The van der Waals surface area contributed by atoms with Crippen molar-refractivity contribution in [3.63, 3.8) is 0 Å². The quantitative estimate of drug-likeness (QED) is 0.228. The summed E-state index contributed by atoms with van der Waals surface area (Å²) < 4.78 is 0. The fourth-order valence-electron chi connectivity index (χ4n) is 9.67. The molecule has 2 fully saturated rings. The average Bonchev–Trinajstić information content (AvgIpc) is 3.37. The fraction of sp³-hybridized carbons (Fsp3) is 0.368. The zero-order valence-corrected chi connectivity index (χ0v) is 25.7. The Bertz CT molecular complexity index is 1680. The van der Waals surface area contributed by atoms with Gasteiger partial charge >= 0.3 is 0 Å². The first-order valence-corrected chi connectivity index (χ1v) is 18.1. The van der Waals surface area contributed by atoms with Gasteiger partial charge in [-0.05, 0) is 137 Å². The zero-order valence-electron chi connectivity index (χ0n) is 24.1. The summed E-state index contributed by atoms with van der Waals surface area (Å²) in [7, 11) is -1.03. The van der Waals surface area contributed by atoms with E-state index >= 15 is 0 Å². The molecule has 0 radical (unpaired) electrons. The Kier molecular flexibility index (Phi) is 5.53. The summed E-state index contributed by atoms with van der Waals surface area (Å²) in [5.74, 6) is 3.08. The van der Waals surface area contributed by atoms with Gasteiger partial charge in [-0.3, -0.25) is 0 Å². The van der Waals surface area contributed by atoms with Crippen LogP contribution in [0.3, 0.4) is 0 Å². The van der Waals surface area contributed by atoms with Crippen LogP contribution in [-0.2, 0) is 5.41 Å². The molecule has 4 aromatic rings. The van der Waals surface area contributed by atoms with Crippen LogP contribution in [0.4, 0.5) is 0 Å². The summed E-state index contributed by atoms with van der Waals surface area (Å²) in [6.45, 7) is 4.97. The van der Waals surface area contributed by atoms with E-state index in [4.69, 9.17) is 11.6 Å². The molecule has 1 heterocycles. The van der Waals surface area contributed by atoms with Gasteiger partial charge in [0.05, 0.1) is 0 Å². The van der Waals surface area contributed by atoms with Gasteiger partial charge in [0.2, 0.25) is 0 Å². The van der Waals surface area contributed by atoms with Crippen molar-refractivity contribution in [1.82, 2.24) is 0 Å². The van der Waals surface area contributed by atoms with Crippen LogP contribution in [0.5, 0.6) is 0 Å². The lowest BCUT2D eigenvalue weighted by molar-refractivity contribution is 0.0368. The van der Waals surface area contributed by atoms with Gasteiger partial charge in [-0.15, -0.1) is 0 Å². The highest BCUT2D eigenvalue weighted by Crippen LogP contribution is 2.68. The van der Waals surface area contributed by atoms with Gasteiger partial charge in [0.25, 0.3) is 0 Å². The normalized spacial score (nSPS) is 29.4. The maximum Gasteiger partial charge on any atom is 0.0412 e. The Morgan fingerprint density at radius 2 is 1.48 bits per heavy atom. The third-order valence-electron chi connectivity index (χ3n) is 11.4. The minimum Gasteiger partial charge on any atom is -0.192 e. The molecule has 2 heteroatoms. The van der Waals surface area contributed by atoms with Crippen molar-refractivity contribution in [2.75, 3.05) is 12.5 Å². The molecule has 2 saturated carbocycles. The van der Waals surface area contributed by atoms with E-state index in [1.165, 1.54) is 75.3 Å². The van der Waals surface area contributed by atoms with Gasteiger partial charge in [0.15, 0.2) is 0 Å². The van der Waals surface area contributed by atoms with Gasteiger partial charge in [-0.2, -0.15) is 10.0 Å². The molecule has 0 saturated heterocycles. The molecule has 0 N–H and O–H groups in total. The summed E-state index contributed by atoms with van der Waals surface area (Å²) >= 11 is 6.65. The second-order valence-electron chi connectivity index (χ2n) is 13.5. The molecule has 204 valence electrons. The van der Waals surface area contributed by atoms with E-state index in [2.05, 4.69) is 105 Å². The second-order valence-corrected chi connectivity index (χ2v) is 17.5. The van der Waals surface area contributed by atoms with Gasteiger partial charge in [0.1, 0.15) is 0 Å². The molecule has 40 heavy (non-hydrogen) atoms. The van der Waals surface area contributed by atoms with Crippen LogP contribution < -0.4 is 0 Å². The largest absolute Gasteiger partial charge is 0.192 e. The monoisotopic (exact) mass is 562 g/mol. The summed E-state index contributed by atoms with van der Waals surface area (Å²) in [5, 5.41) is 0.852. The lowest BCUT2D eigenvalue weighted by Gasteiger charge is -2.54. The highest BCUT2D eigenvalue weighted by molar-refractivity contribution is 8.33. The molecule has 4 aromatic carbocycles. The summed E-state index contributed by atoms with van der Waals surface area (Å²) in [5.41, 5.74) is 11.6. The number of benzene rings is 4. The standard InChI is InChI=1S/C38H39ClS/c1-5-24-17-25-16-23(2)38(28(18-24)19-25)34-15-12-29(39)22-33(34)30-13-10-26(20-35(30)38)27-11-14-32-31-8-6-7-9-36(31)40(3,4)37(32)21-27/h6-15,20-25,28H,5,16-19H2,1-4H3. The van der Waals surface area contributed by atoms with E-state index in [0.717, 1.165) is 16.9 Å². The fourth-order valence-corrected chi connectivity index (χ4v) is 12.4. The van der Waals surface area contributed by atoms with Gasteiger partial charge in [-0.1, -0.05) is 80.4 Å². The predicted octanol–water partition coefficient (Wildman–Crippen LogP) is 11.2. The lowest BCUT2D eigenvalue weighted by Crippen LogP contribution is -2.49. The Hall–Kier alpha value is -2.48. The summed E-state index contributed by atoms with van der Waals surface area (Å²) in [6.07, 6.45) is 11.8. The third-order valence-corrected chi connectivity index (χ3v) is 14.5. The maximum atomic E-state index is 6.65. The highest BCUT2D eigenvalue weighted by Gasteiger charge is 2.56. The molecule has 2 bridgehead atoms. The van der Waals surface area contributed by atoms with Crippen molar-refractivity contribution < 1.29 is 0 Å². The zero-order chi connectivity index (χ0) is 27.4. The lowest BCUT2D eigenvalue weighted by atomic mass is 9.49. The van der Waals surface area contributed by atoms with Crippen LogP contribution in [0, 0.1) is 23.7 Å². The molecule has 0 amide bonds. The van der Waals surface area contributed by atoms with E-state index < -0.39 is 10.0 Å². The van der Waals surface area contributed by atoms with Crippen LogP contribution in [0.2, 0.25) is 5.02 Å². The maximum absolute atomic E-state index is 6.65. The van der Waals surface area contributed by atoms with E-state index in [-0.39, 0.29) is 5.41 Å². The molecular formula is C38H39ClS. The predicted molar refractivity (Wildman–Crippen MR) is 173 cm³/mol. The van der Waals surface area contributed by atoms with E-state index in [1.54, 1.807) is 11.1 Å². The number of fused-ring (bicyclic) bond motifs is 11. The van der Waals surface area contributed by atoms with Crippen molar-refractivity contribution in [3.05, 3.63) is 95.0 Å². The van der Waals surface area contributed by atoms with Crippen LogP contribution in [0.1, 0.15) is 57.1 Å². The van der Waals surface area contributed by atoms with Gasteiger partial charge in [-0.25, -0.2) is 0 Å². The van der Waals surface area contributed by atoms with Crippen molar-refractivity contribution in [1.29, 1.82) is 0 Å². The topological polar surface area (TPSA) is 0 Å². The highest BCUT2D eigenvalue weighted by atomic mass is 35.5. The van der Waals surface area contributed by atoms with E-state index in [0.29, 0.717) is 11.8 Å². The number of halogens is 1. The molecule has 3 aliphatic carbocycles. The SMILES string of the molecule is CCC1CC2CC(C)C3(c4ccc(Cl)cc4-c4ccc(-c5ccc6c(c5)S(C)(C)c5ccccc5-6)cc43)C(C1)C2. The molecule has 1 aliphatic heterocycles. The minimum atomic E-state index is -1.03. The first-order chi connectivity index (χ1) is 19.3. The van der Waals surface area contributed by atoms with Crippen LogP contribution in [0.25, 0.3) is 33.4 Å². The first-order valence-electron chi connectivity index (χ1n) is 15.2. The summed E-state index contributed by atoms with van der Waals surface area (Å²) in [4.78, 5) is 3.05. The van der Waals surface area contributed by atoms with E-state index in [9.17, 15) is 0 Å². The molecule has 4 aliphatic rings. The Labute approximate surface area is 246 Å². The molecule has 1 spiro atoms. The molecule has 0 nitrogen and oxygen atoms in total. The van der Waals surface area contributed by atoms with Crippen LogP contribution >= 0.6 is 21.6 Å². The van der Waals surface area contributed by atoms with Gasteiger partial charge < -0.3 is 0 Å². The minimum absolute atomic E-state index is 0.0904. The van der Waals surface area contributed by atoms with Crippen molar-refractivity contribution in [2.24, 2.45) is 23.7 Å². The smallest absolute Gasteiger partial charge is 0.0412 e. The van der Waals surface area contributed by atoms with Crippen molar-refractivity contribution >= 4 is 21.6 Å². The van der Waals surface area contributed by atoms with Crippen LogP contribution in [-0.4, -0.2) is 12.5 Å². The number of hydrogen-bond acceptors (Lipinski definition) is 0. The molecule has 5 atom stereocenters. The second kappa shape index (κ2) is 8.76.